The van der Waals surface area contributed by atoms with Crippen LogP contribution in [0.4, 0.5) is 8.78 Å². The van der Waals surface area contributed by atoms with E-state index < -0.39 is 5.92 Å². The molecule has 2 aromatic heterocycles. The van der Waals surface area contributed by atoms with Crippen molar-refractivity contribution < 1.29 is 18.7 Å². The molecule has 1 amide bonds. The molecule has 3 aromatic rings. The molecule has 2 heterocycles. The summed E-state index contributed by atoms with van der Waals surface area (Å²) in [6, 6.07) is 10.4. The molecule has 1 aliphatic rings. The van der Waals surface area contributed by atoms with Crippen molar-refractivity contribution >= 4 is 5.91 Å². The van der Waals surface area contributed by atoms with Crippen LogP contribution < -0.4 is 5.32 Å². The largest absolute Gasteiger partial charge is 0.493 e. The average Bonchev–Trinajstić information content (AvgIpc) is 3.19. The first-order chi connectivity index (χ1) is 15.8. The molecule has 1 fully saturated rings. The van der Waals surface area contributed by atoms with E-state index in [1.807, 2.05) is 6.92 Å². The molecule has 0 bridgehead atoms. The number of amides is 1. The maximum Gasteiger partial charge on any atom is 0.252 e. The lowest BCUT2D eigenvalue weighted by Gasteiger charge is -2.28. The molecule has 9 heteroatoms. The molecule has 2 N–H and O–H groups in total. The molecular formula is C24H23F2N5O2. The number of aromatic hydroxyl groups is 1. The Bertz CT molecular complexity index is 1200. The molecule has 33 heavy (non-hydrogen) atoms. The summed E-state index contributed by atoms with van der Waals surface area (Å²) in [5.74, 6) is -2.65. The SMILES string of the molecule is Cc1cc(C#N)ccc1-c1cnn(-c2ccc(C(=O)NCC3CCC(F)(F)CC3)cn2)c1O. The highest BCUT2D eigenvalue weighted by molar-refractivity contribution is 5.93. The van der Waals surface area contributed by atoms with Crippen LogP contribution in [0.3, 0.4) is 0 Å². The summed E-state index contributed by atoms with van der Waals surface area (Å²) < 4.78 is 27.8. The second-order valence-electron chi connectivity index (χ2n) is 8.35. The molecule has 170 valence electrons. The van der Waals surface area contributed by atoms with E-state index in [-0.39, 0.29) is 30.5 Å². The van der Waals surface area contributed by atoms with E-state index in [0.717, 1.165) is 11.1 Å². The summed E-state index contributed by atoms with van der Waals surface area (Å²) in [6.07, 6.45) is 3.41. The fourth-order valence-corrected chi connectivity index (χ4v) is 4.02. The Morgan fingerprint density at radius 2 is 2.00 bits per heavy atom. The van der Waals surface area contributed by atoms with Gasteiger partial charge in [0.1, 0.15) is 0 Å². The van der Waals surface area contributed by atoms with Crippen molar-refractivity contribution in [1.82, 2.24) is 20.1 Å². The van der Waals surface area contributed by atoms with Crippen LogP contribution in [0.5, 0.6) is 5.88 Å². The van der Waals surface area contributed by atoms with Crippen LogP contribution >= 0.6 is 0 Å². The number of nitriles is 1. The van der Waals surface area contributed by atoms with Gasteiger partial charge in [-0.3, -0.25) is 4.79 Å². The average molecular weight is 451 g/mol. The Labute approximate surface area is 189 Å². The van der Waals surface area contributed by atoms with Crippen molar-refractivity contribution in [3.63, 3.8) is 0 Å². The Morgan fingerprint density at radius 3 is 2.64 bits per heavy atom. The maximum atomic E-state index is 13.3. The van der Waals surface area contributed by atoms with Crippen molar-refractivity contribution in [3.05, 3.63) is 59.4 Å². The summed E-state index contributed by atoms with van der Waals surface area (Å²) in [7, 11) is 0. The van der Waals surface area contributed by atoms with Crippen molar-refractivity contribution in [1.29, 1.82) is 5.26 Å². The maximum absolute atomic E-state index is 13.3. The van der Waals surface area contributed by atoms with Crippen molar-refractivity contribution in [3.8, 4) is 28.9 Å². The quantitative estimate of drug-likeness (QED) is 0.599. The van der Waals surface area contributed by atoms with Crippen LogP contribution in [0.25, 0.3) is 16.9 Å². The second-order valence-corrected chi connectivity index (χ2v) is 8.35. The van der Waals surface area contributed by atoms with Gasteiger partial charge in [0.25, 0.3) is 5.91 Å². The normalized spacial score (nSPS) is 15.7. The Kier molecular flexibility index (Phi) is 6.09. The van der Waals surface area contributed by atoms with Crippen LogP contribution in [0.15, 0.2) is 42.7 Å². The molecule has 0 saturated heterocycles. The van der Waals surface area contributed by atoms with Crippen molar-refractivity contribution in [2.75, 3.05) is 6.54 Å². The summed E-state index contributed by atoms with van der Waals surface area (Å²) in [6.45, 7) is 2.20. The number of aryl methyl sites for hydroxylation is 1. The number of nitrogens with zero attached hydrogens (tertiary/aromatic N) is 4. The lowest BCUT2D eigenvalue weighted by molar-refractivity contribution is -0.0452. The number of halogens is 2. The third kappa shape index (κ3) is 4.85. The number of hydrogen-bond donors (Lipinski definition) is 2. The number of nitrogens with one attached hydrogen (secondary N) is 1. The minimum Gasteiger partial charge on any atom is -0.493 e. The van der Waals surface area contributed by atoms with E-state index in [9.17, 15) is 18.7 Å². The summed E-state index contributed by atoms with van der Waals surface area (Å²) in [5.41, 5.74) is 2.92. The first-order valence-electron chi connectivity index (χ1n) is 10.7. The van der Waals surface area contributed by atoms with Crippen molar-refractivity contribution in [2.24, 2.45) is 5.92 Å². The zero-order valence-electron chi connectivity index (χ0n) is 18.1. The van der Waals surface area contributed by atoms with Gasteiger partial charge in [-0.05, 0) is 61.1 Å². The van der Waals surface area contributed by atoms with Gasteiger partial charge in [0.05, 0.1) is 29.0 Å². The molecule has 7 nitrogen and oxygen atoms in total. The minimum atomic E-state index is -2.59. The first-order valence-corrected chi connectivity index (χ1v) is 10.7. The van der Waals surface area contributed by atoms with Gasteiger partial charge >= 0.3 is 0 Å². The molecule has 1 saturated carbocycles. The van der Waals surface area contributed by atoms with E-state index in [2.05, 4.69) is 21.5 Å². The Balaban J connectivity index is 1.43. The molecule has 4 rings (SSSR count). The third-order valence-corrected chi connectivity index (χ3v) is 6.00. The molecule has 0 unspecified atom stereocenters. The van der Waals surface area contributed by atoms with E-state index in [0.29, 0.717) is 41.9 Å². The number of alkyl halides is 2. The number of rotatable bonds is 5. The van der Waals surface area contributed by atoms with Gasteiger partial charge in [-0.2, -0.15) is 15.0 Å². The fourth-order valence-electron chi connectivity index (χ4n) is 4.02. The van der Waals surface area contributed by atoms with Crippen LogP contribution in [0, 0.1) is 24.2 Å². The van der Waals surface area contributed by atoms with Gasteiger partial charge in [0.15, 0.2) is 5.82 Å². The van der Waals surface area contributed by atoms with Gasteiger partial charge in [-0.15, -0.1) is 0 Å². The molecule has 1 aromatic carbocycles. The van der Waals surface area contributed by atoms with Gasteiger partial charge in [-0.1, -0.05) is 6.07 Å². The van der Waals surface area contributed by atoms with Crippen LogP contribution in [-0.2, 0) is 0 Å². The van der Waals surface area contributed by atoms with Gasteiger partial charge < -0.3 is 10.4 Å². The molecule has 0 atom stereocenters. The van der Waals surface area contributed by atoms with E-state index in [4.69, 9.17) is 5.26 Å². The number of hydrogen-bond acceptors (Lipinski definition) is 5. The Morgan fingerprint density at radius 1 is 1.24 bits per heavy atom. The Hall–Kier alpha value is -3.80. The third-order valence-electron chi connectivity index (χ3n) is 6.00. The molecule has 0 spiro atoms. The van der Waals surface area contributed by atoms with Gasteiger partial charge in [0.2, 0.25) is 11.8 Å². The second kappa shape index (κ2) is 8.98. The monoisotopic (exact) mass is 451 g/mol. The fraction of sp³-hybridized carbons (Fsp3) is 0.333. The van der Waals surface area contributed by atoms with Gasteiger partial charge in [0, 0.05) is 25.6 Å². The number of aromatic nitrogens is 3. The van der Waals surface area contributed by atoms with Crippen LogP contribution in [-0.4, -0.2) is 38.2 Å². The minimum absolute atomic E-state index is 0.0472. The van der Waals surface area contributed by atoms with Crippen LogP contribution in [0.1, 0.15) is 47.2 Å². The molecule has 0 radical (unpaired) electrons. The predicted octanol–water partition coefficient (Wildman–Crippen LogP) is 4.38. The zero-order chi connectivity index (χ0) is 23.6. The number of benzene rings is 1. The highest BCUT2D eigenvalue weighted by Crippen LogP contribution is 2.36. The number of carbonyl (C=O) groups is 1. The van der Waals surface area contributed by atoms with Crippen LogP contribution in [0.2, 0.25) is 0 Å². The summed E-state index contributed by atoms with van der Waals surface area (Å²) in [5, 5.41) is 26.7. The number of pyridine rings is 1. The lowest BCUT2D eigenvalue weighted by Crippen LogP contribution is -2.33. The highest BCUT2D eigenvalue weighted by Gasteiger charge is 2.34. The predicted molar refractivity (Wildman–Crippen MR) is 117 cm³/mol. The molecule has 0 aliphatic heterocycles. The van der Waals surface area contributed by atoms with Crippen molar-refractivity contribution in [2.45, 2.75) is 38.5 Å². The van der Waals surface area contributed by atoms with E-state index >= 15 is 0 Å². The van der Waals surface area contributed by atoms with Gasteiger partial charge in [-0.25, -0.2) is 13.8 Å². The highest BCUT2D eigenvalue weighted by atomic mass is 19.3. The topological polar surface area (TPSA) is 104 Å². The van der Waals surface area contributed by atoms with E-state index in [1.54, 1.807) is 30.3 Å². The zero-order valence-corrected chi connectivity index (χ0v) is 18.1. The number of carbonyl (C=O) groups excluding carboxylic acids is 1. The standard InChI is InChI=1S/C24H23F2N5O2/c1-15-10-17(11-27)2-4-19(15)20-14-30-31(23(20)33)21-5-3-18(13-28-21)22(32)29-12-16-6-8-24(25,26)9-7-16/h2-5,10,13-14,16,33H,6-9,12H2,1H3,(H,29,32). The van der Waals surface area contributed by atoms with E-state index in [1.165, 1.54) is 17.1 Å². The summed E-state index contributed by atoms with van der Waals surface area (Å²) >= 11 is 0. The smallest absolute Gasteiger partial charge is 0.252 e. The molecular weight excluding hydrogens is 428 g/mol. The summed E-state index contributed by atoms with van der Waals surface area (Å²) in [4.78, 5) is 16.7. The molecule has 1 aliphatic carbocycles. The lowest BCUT2D eigenvalue weighted by atomic mass is 9.87. The first kappa shape index (κ1) is 22.4.